The number of benzene rings is 1. The third-order valence-electron chi connectivity index (χ3n) is 3.28. The number of phenolic OH excluding ortho intramolecular Hbond substituents is 2. The Morgan fingerprint density at radius 1 is 0.947 bits per heavy atom. The first-order valence-corrected chi connectivity index (χ1v) is 6.01. The van der Waals surface area contributed by atoms with Gasteiger partial charge in [0.1, 0.15) is 11.5 Å². The van der Waals surface area contributed by atoms with E-state index in [9.17, 15) is 10.2 Å². The molecule has 2 heterocycles. The van der Waals surface area contributed by atoms with E-state index in [4.69, 9.17) is 0 Å². The molecule has 0 unspecified atom stereocenters. The summed E-state index contributed by atoms with van der Waals surface area (Å²) in [4.78, 5) is 6.06. The SMILES string of the molecule is Cc1c(O)c(-c2ccc[nH]2)cc(O)c1-c1ccc[nH]1. The zero-order valence-electron chi connectivity index (χ0n) is 10.4. The van der Waals surface area contributed by atoms with Crippen LogP contribution in [0.15, 0.2) is 42.7 Å². The van der Waals surface area contributed by atoms with E-state index in [0.717, 1.165) is 11.4 Å². The van der Waals surface area contributed by atoms with E-state index in [-0.39, 0.29) is 11.5 Å². The number of hydrogen-bond acceptors (Lipinski definition) is 2. The standard InChI is InChI=1S/C15H14N2O2/c1-9-14(12-5-3-7-17-12)13(18)8-10(15(9)19)11-4-2-6-16-11/h2-8,16-19H,1H3. The van der Waals surface area contributed by atoms with Crippen LogP contribution < -0.4 is 0 Å². The number of aromatic hydroxyl groups is 2. The van der Waals surface area contributed by atoms with Crippen LogP contribution in [0.1, 0.15) is 5.56 Å². The Labute approximate surface area is 110 Å². The van der Waals surface area contributed by atoms with Gasteiger partial charge in [-0.3, -0.25) is 0 Å². The molecule has 19 heavy (non-hydrogen) atoms. The minimum Gasteiger partial charge on any atom is -0.507 e. The summed E-state index contributed by atoms with van der Waals surface area (Å²) in [5.41, 5.74) is 3.41. The molecule has 3 aromatic rings. The first-order valence-electron chi connectivity index (χ1n) is 6.01. The average molecular weight is 254 g/mol. The van der Waals surface area contributed by atoms with E-state index in [2.05, 4.69) is 9.97 Å². The highest BCUT2D eigenvalue weighted by atomic mass is 16.3. The maximum atomic E-state index is 10.3. The predicted octanol–water partition coefficient (Wildman–Crippen LogP) is 3.40. The molecule has 0 spiro atoms. The lowest BCUT2D eigenvalue weighted by Gasteiger charge is -2.13. The molecule has 0 aliphatic carbocycles. The Bertz CT molecular complexity index is 698. The highest BCUT2D eigenvalue weighted by Gasteiger charge is 2.17. The Hall–Kier alpha value is -2.62. The third-order valence-corrected chi connectivity index (χ3v) is 3.28. The Kier molecular flexibility index (Phi) is 2.56. The van der Waals surface area contributed by atoms with Gasteiger partial charge in [-0.05, 0) is 37.3 Å². The van der Waals surface area contributed by atoms with Gasteiger partial charge in [-0.25, -0.2) is 0 Å². The molecule has 0 bridgehead atoms. The number of H-pyrrole nitrogens is 2. The van der Waals surface area contributed by atoms with Gasteiger partial charge >= 0.3 is 0 Å². The van der Waals surface area contributed by atoms with Crippen LogP contribution in [-0.4, -0.2) is 20.2 Å². The van der Waals surface area contributed by atoms with E-state index in [0.29, 0.717) is 16.7 Å². The van der Waals surface area contributed by atoms with Crippen molar-refractivity contribution in [2.75, 3.05) is 0 Å². The predicted molar refractivity (Wildman–Crippen MR) is 74.1 cm³/mol. The second-order valence-electron chi connectivity index (χ2n) is 4.46. The van der Waals surface area contributed by atoms with Crippen molar-refractivity contribution in [2.45, 2.75) is 6.92 Å². The summed E-state index contributed by atoms with van der Waals surface area (Å²) in [6, 6.07) is 8.98. The smallest absolute Gasteiger partial charge is 0.128 e. The van der Waals surface area contributed by atoms with Gasteiger partial charge < -0.3 is 20.2 Å². The van der Waals surface area contributed by atoms with E-state index in [1.807, 2.05) is 24.3 Å². The zero-order chi connectivity index (χ0) is 13.4. The van der Waals surface area contributed by atoms with Gasteiger partial charge in [0.15, 0.2) is 0 Å². The lowest BCUT2D eigenvalue weighted by molar-refractivity contribution is 0.460. The zero-order valence-corrected chi connectivity index (χ0v) is 10.4. The van der Waals surface area contributed by atoms with Crippen molar-refractivity contribution in [3.63, 3.8) is 0 Å². The number of phenols is 2. The van der Waals surface area contributed by atoms with Crippen molar-refractivity contribution in [1.82, 2.24) is 9.97 Å². The highest BCUT2D eigenvalue weighted by molar-refractivity contribution is 5.81. The fraction of sp³-hybridized carbons (Fsp3) is 0.0667. The van der Waals surface area contributed by atoms with Crippen LogP contribution in [0.3, 0.4) is 0 Å². The van der Waals surface area contributed by atoms with Crippen molar-refractivity contribution in [3.8, 4) is 34.0 Å². The molecule has 4 N–H and O–H groups in total. The van der Waals surface area contributed by atoms with E-state index < -0.39 is 0 Å². The molecule has 0 saturated heterocycles. The van der Waals surface area contributed by atoms with Crippen molar-refractivity contribution < 1.29 is 10.2 Å². The minimum absolute atomic E-state index is 0.141. The molecule has 1 aromatic carbocycles. The molecular weight excluding hydrogens is 240 g/mol. The quantitative estimate of drug-likeness (QED) is 0.529. The van der Waals surface area contributed by atoms with Crippen molar-refractivity contribution >= 4 is 0 Å². The van der Waals surface area contributed by atoms with Crippen molar-refractivity contribution in [2.24, 2.45) is 0 Å². The van der Waals surface area contributed by atoms with Crippen molar-refractivity contribution in [1.29, 1.82) is 0 Å². The molecule has 0 atom stereocenters. The number of rotatable bonds is 2. The highest BCUT2D eigenvalue weighted by Crippen LogP contribution is 2.42. The average Bonchev–Trinajstić information content (AvgIpc) is 3.06. The lowest BCUT2D eigenvalue weighted by Crippen LogP contribution is -1.89. The number of aromatic nitrogens is 2. The number of aromatic amines is 2. The van der Waals surface area contributed by atoms with Crippen LogP contribution in [0.25, 0.3) is 22.5 Å². The first kappa shape index (κ1) is 11.5. The molecule has 4 nitrogen and oxygen atoms in total. The van der Waals surface area contributed by atoms with Gasteiger partial charge in [-0.2, -0.15) is 0 Å². The maximum Gasteiger partial charge on any atom is 0.128 e. The van der Waals surface area contributed by atoms with E-state index >= 15 is 0 Å². The molecule has 96 valence electrons. The molecule has 3 rings (SSSR count). The molecule has 0 aliphatic rings. The Morgan fingerprint density at radius 2 is 1.58 bits per heavy atom. The summed E-state index contributed by atoms with van der Waals surface area (Å²) in [6.07, 6.45) is 3.56. The van der Waals surface area contributed by atoms with Crippen LogP contribution in [0, 0.1) is 6.92 Å². The monoisotopic (exact) mass is 254 g/mol. The second kappa shape index (κ2) is 4.24. The fourth-order valence-electron chi connectivity index (χ4n) is 2.32. The van der Waals surface area contributed by atoms with Gasteiger partial charge in [-0.15, -0.1) is 0 Å². The van der Waals surface area contributed by atoms with E-state index in [1.165, 1.54) is 0 Å². The lowest BCUT2D eigenvalue weighted by atomic mass is 9.98. The van der Waals surface area contributed by atoms with Gasteiger partial charge in [0.25, 0.3) is 0 Å². The molecule has 0 amide bonds. The van der Waals surface area contributed by atoms with Crippen molar-refractivity contribution in [3.05, 3.63) is 48.3 Å². The summed E-state index contributed by atoms with van der Waals surface area (Å²) < 4.78 is 0. The van der Waals surface area contributed by atoms with Crippen LogP contribution in [0.4, 0.5) is 0 Å². The summed E-state index contributed by atoms with van der Waals surface area (Å²) in [5, 5.41) is 20.6. The molecule has 0 fully saturated rings. The van der Waals surface area contributed by atoms with Gasteiger partial charge in [0.05, 0.1) is 0 Å². The largest absolute Gasteiger partial charge is 0.507 e. The number of hydrogen-bond donors (Lipinski definition) is 4. The Balaban J connectivity index is 2.24. The van der Waals surface area contributed by atoms with Crippen LogP contribution in [0.5, 0.6) is 11.5 Å². The van der Waals surface area contributed by atoms with Gasteiger partial charge in [-0.1, -0.05) is 0 Å². The molecule has 0 saturated carbocycles. The number of nitrogens with one attached hydrogen (secondary N) is 2. The van der Waals surface area contributed by atoms with Crippen LogP contribution in [-0.2, 0) is 0 Å². The van der Waals surface area contributed by atoms with E-state index in [1.54, 1.807) is 25.4 Å². The normalized spacial score (nSPS) is 10.8. The summed E-state index contributed by atoms with van der Waals surface area (Å²) in [7, 11) is 0. The molecule has 0 radical (unpaired) electrons. The first-order chi connectivity index (χ1) is 9.18. The summed E-state index contributed by atoms with van der Waals surface area (Å²) in [5.74, 6) is 0.312. The molecular formula is C15H14N2O2. The van der Waals surface area contributed by atoms with Crippen LogP contribution in [0.2, 0.25) is 0 Å². The maximum absolute atomic E-state index is 10.3. The topological polar surface area (TPSA) is 72.0 Å². The Morgan fingerprint density at radius 3 is 2.16 bits per heavy atom. The van der Waals surface area contributed by atoms with Gasteiger partial charge in [0, 0.05) is 40.5 Å². The molecule has 4 heteroatoms. The summed E-state index contributed by atoms with van der Waals surface area (Å²) in [6.45, 7) is 1.79. The molecule has 2 aromatic heterocycles. The third kappa shape index (κ3) is 1.78. The minimum atomic E-state index is 0.141. The summed E-state index contributed by atoms with van der Waals surface area (Å²) >= 11 is 0. The second-order valence-corrected chi connectivity index (χ2v) is 4.46. The fourth-order valence-corrected chi connectivity index (χ4v) is 2.32. The van der Waals surface area contributed by atoms with Gasteiger partial charge in [0.2, 0.25) is 0 Å². The molecule has 0 aliphatic heterocycles. The van der Waals surface area contributed by atoms with Crippen LogP contribution >= 0.6 is 0 Å².